The zero-order valence-corrected chi connectivity index (χ0v) is 7.30. The summed E-state index contributed by atoms with van der Waals surface area (Å²) in [5, 5.41) is 0. The molecule has 0 heterocycles. The first-order valence-corrected chi connectivity index (χ1v) is 4.32. The zero-order chi connectivity index (χ0) is 8.55. The van der Waals surface area contributed by atoms with E-state index in [4.69, 9.17) is 0 Å². The largest absolute Gasteiger partial charge is 0.0911 e. The van der Waals surface area contributed by atoms with E-state index in [9.17, 15) is 0 Å². The predicted octanol–water partition coefficient (Wildman–Crippen LogP) is 3.51. The Morgan fingerprint density at radius 1 is 1.17 bits per heavy atom. The molecule has 0 unspecified atom stereocenters. The van der Waals surface area contributed by atoms with Gasteiger partial charge < -0.3 is 0 Å². The van der Waals surface area contributed by atoms with Gasteiger partial charge >= 0.3 is 0 Å². The van der Waals surface area contributed by atoms with Crippen molar-refractivity contribution in [1.29, 1.82) is 0 Å². The number of fused-ring (bicyclic) bond motifs is 1. The summed E-state index contributed by atoms with van der Waals surface area (Å²) in [5.41, 5.74) is 5.23. The number of benzene rings is 1. The van der Waals surface area contributed by atoms with Gasteiger partial charge in [-0.05, 0) is 28.7 Å². The van der Waals surface area contributed by atoms with E-state index in [-0.39, 0.29) is 0 Å². The molecule has 0 saturated heterocycles. The molecule has 0 saturated carbocycles. The van der Waals surface area contributed by atoms with Crippen LogP contribution in [0.4, 0.5) is 0 Å². The quantitative estimate of drug-likeness (QED) is 0.583. The van der Waals surface area contributed by atoms with Crippen LogP contribution < -0.4 is 0 Å². The van der Waals surface area contributed by atoms with E-state index >= 15 is 0 Å². The Labute approximate surface area is 73.2 Å². The molecule has 0 N–H and O–H groups in total. The minimum atomic E-state index is 1.09. The van der Waals surface area contributed by atoms with Crippen molar-refractivity contribution in [3.63, 3.8) is 0 Å². The molecule has 12 heavy (non-hydrogen) atoms. The van der Waals surface area contributed by atoms with Gasteiger partial charge in [0, 0.05) is 0 Å². The van der Waals surface area contributed by atoms with Crippen LogP contribution in [0.2, 0.25) is 0 Å². The van der Waals surface area contributed by atoms with Crippen molar-refractivity contribution in [2.24, 2.45) is 0 Å². The third-order valence-corrected chi connectivity index (χ3v) is 2.35. The highest BCUT2D eigenvalue weighted by atomic mass is 14.2. The minimum absolute atomic E-state index is 1.09. The Kier molecular flexibility index (Phi) is 1.61. The maximum Gasteiger partial charge on any atom is -0.0115 e. The maximum atomic E-state index is 4.02. The van der Waals surface area contributed by atoms with Crippen molar-refractivity contribution in [3.8, 4) is 0 Å². The fraction of sp³-hybridized carbons (Fsp3) is 0.167. The van der Waals surface area contributed by atoms with Gasteiger partial charge in [-0.3, -0.25) is 0 Å². The third-order valence-electron chi connectivity index (χ3n) is 2.35. The number of hydrogen-bond acceptors (Lipinski definition) is 0. The van der Waals surface area contributed by atoms with Gasteiger partial charge in [0.05, 0.1) is 0 Å². The molecule has 0 nitrogen and oxygen atoms in total. The summed E-state index contributed by atoms with van der Waals surface area (Å²) in [6.07, 6.45) is 3.28. The summed E-state index contributed by atoms with van der Waals surface area (Å²) in [6, 6.07) is 8.46. The first-order chi connectivity index (χ1) is 5.83. The predicted molar refractivity (Wildman–Crippen MR) is 53.7 cm³/mol. The van der Waals surface area contributed by atoms with Gasteiger partial charge in [0.25, 0.3) is 0 Å². The lowest BCUT2D eigenvalue weighted by Crippen LogP contribution is -1.81. The smallest absolute Gasteiger partial charge is 0.0115 e. The second-order valence-electron chi connectivity index (χ2n) is 3.09. The highest BCUT2D eigenvalue weighted by molar-refractivity contribution is 5.94. The molecule has 2 rings (SSSR count). The highest BCUT2D eigenvalue weighted by Crippen LogP contribution is 2.35. The van der Waals surface area contributed by atoms with Gasteiger partial charge in [0.1, 0.15) is 0 Å². The Hall–Kier alpha value is -1.30. The normalized spacial score (nSPS) is 14.4. The van der Waals surface area contributed by atoms with Crippen LogP contribution in [0, 0.1) is 0 Å². The van der Waals surface area contributed by atoms with Gasteiger partial charge in [0.15, 0.2) is 0 Å². The van der Waals surface area contributed by atoms with Gasteiger partial charge in [-0.25, -0.2) is 0 Å². The SMILES string of the molecule is C=C1C=C(CC)c2ccccc21. The fourth-order valence-corrected chi connectivity index (χ4v) is 1.70. The Morgan fingerprint density at radius 3 is 2.50 bits per heavy atom. The molecule has 0 heteroatoms. The second-order valence-corrected chi connectivity index (χ2v) is 3.09. The van der Waals surface area contributed by atoms with Crippen molar-refractivity contribution in [1.82, 2.24) is 0 Å². The van der Waals surface area contributed by atoms with E-state index in [1.165, 1.54) is 16.7 Å². The average molecular weight is 156 g/mol. The molecule has 0 radical (unpaired) electrons. The Balaban J connectivity index is 2.60. The summed E-state index contributed by atoms with van der Waals surface area (Å²) in [6.45, 7) is 6.20. The van der Waals surface area contributed by atoms with E-state index < -0.39 is 0 Å². The summed E-state index contributed by atoms with van der Waals surface area (Å²) < 4.78 is 0. The molecule has 60 valence electrons. The molecule has 0 aromatic heterocycles. The molecule has 1 aromatic carbocycles. The molecule has 0 aliphatic heterocycles. The maximum absolute atomic E-state index is 4.02. The molecular formula is C12H12. The summed E-state index contributed by atoms with van der Waals surface area (Å²) in [5.74, 6) is 0. The summed E-state index contributed by atoms with van der Waals surface area (Å²) >= 11 is 0. The van der Waals surface area contributed by atoms with E-state index in [1.54, 1.807) is 0 Å². The minimum Gasteiger partial charge on any atom is -0.0911 e. The number of allylic oxidation sites excluding steroid dienone is 3. The van der Waals surface area contributed by atoms with Crippen LogP contribution in [0.5, 0.6) is 0 Å². The standard InChI is InChI=1S/C12H12/c1-3-10-8-9(2)11-6-4-5-7-12(10)11/h4-8H,2-3H2,1H3. The Morgan fingerprint density at radius 2 is 1.83 bits per heavy atom. The number of hydrogen-bond donors (Lipinski definition) is 0. The van der Waals surface area contributed by atoms with Gasteiger partial charge in [0.2, 0.25) is 0 Å². The van der Waals surface area contributed by atoms with Crippen LogP contribution >= 0.6 is 0 Å². The van der Waals surface area contributed by atoms with Crippen LogP contribution in [0.1, 0.15) is 24.5 Å². The summed E-state index contributed by atoms with van der Waals surface area (Å²) in [4.78, 5) is 0. The van der Waals surface area contributed by atoms with Crippen molar-refractivity contribution in [2.75, 3.05) is 0 Å². The highest BCUT2D eigenvalue weighted by Gasteiger charge is 2.13. The lowest BCUT2D eigenvalue weighted by Gasteiger charge is -2.01. The Bertz CT molecular complexity index is 356. The van der Waals surface area contributed by atoms with Crippen molar-refractivity contribution >= 4 is 11.1 Å². The van der Waals surface area contributed by atoms with E-state index in [1.807, 2.05) is 0 Å². The number of rotatable bonds is 1. The first kappa shape index (κ1) is 7.35. The van der Waals surface area contributed by atoms with Crippen molar-refractivity contribution in [3.05, 3.63) is 48.0 Å². The molecule has 1 aliphatic carbocycles. The monoisotopic (exact) mass is 156 g/mol. The third kappa shape index (κ3) is 0.918. The second kappa shape index (κ2) is 2.63. The topological polar surface area (TPSA) is 0 Å². The van der Waals surface area contributed by atoms with Gasteiger partial charge in [-0.15, -0.1) is 0 Å². The fourth-order valence-electron chi connectivity index (χ4n) is 1.70. The molecule has 0 bridgehead atoms. The molecule has 0 amide bonds. The van der Waals surface area contributed by atoms with E-state index in [2.05, 4.69) is 43.8 Å². The van der Waals surface area contributed by atoms with Crippen molar-refractivity contribution in [2.45, 2.75) is 13.3 Å². The van der Waals surface area contributed by atoms with Gasteiger partial charge in [-0.2, -0.15) is 0 Å². The molecule has 1 aliphatic rings. The zero-order valence-electron chi connectivity index (χ0n) is 7.30. The van der Waals surface area contributed by atoms with Crippen LogP contribution in [0.25, 0.3) is 11.1 Å². The molecule has 1 aromatic rings. The van der Waals surface area contributed by atoms with Crippen LogP contribution in [-0.4, -0.2) is 0 Å². The van der Waals surface area contributed by atoms with Crippen LogP contribution in [-0.2, 0) is 0 Å². The van der Waals surface area contributed by atoms with E-state index in [0.29, 0.717) is 0 Å². The molecule has 0 atom stereocenters. The summed E-state index contributed by atoms with van der Waals surface area (Å²) in [7, 11) is 0. The lowest BCUT2D eigenvalue weighted by molar-refractivity contribution is 1.25. The first-order valence-electron chi connectivity index (χ1n) is 4.32. The average Bonchev–Trinajstić information content (AvgIpc) is 2.44. The molecule has 0 fully saturated rings. The van der Waals surface area contributed by atoms with Crippen molar-refractivity contribution < 1.29 is 0 Å². The van der Waals surface area contributed by atoms with Crippen LogP contribution in [0.15, 0.2) is 36.9 Å². The van der Waals surface area contributed by atoms with E-state index in [0.717, 1.165) is 12.0 Å². The molecule has 0 spiro atoms. The van der Waals surface area contributed by atoms with Crippen LogP contribution in [0.3, 0.4) is 0 Å². The van der Waals surface area contributed by atoms with Gasteiger partial charge in [-0.1, -0.05) is 43.8 Å². The lowest BCUT2D eigenvalue weighted by atomic mass is 10.0. The molecular weight excluding hydrogens is 144 g/mol.